The second-order valence-electron chi connectivity index (χ2n) is 5.90. The Bertz CT molecular complexity index is 678. The van der Waals surface area contributed by atoms with Crippen molar-refractivity contribution >= 4 is 39.9 Å². The van der Waals surface area contributed by atoms with Gasteiger partial charge in [0, 0.05) is 40.3 Å². The minimum absolute atomic E-state index is 0. The minimum atomic E-state index is 0. The molecule has 1 fully saturated rings. The molecule has 1 N–H and O–H groups in total. The van der Waals surface area contributed by atoms with E-state index in [1.165, 1.54) is 0 Å². The van der Waals surface area contributed by atoms with Crippen LogP contribution in [-0.2, 0) is 17.9 Å². The van der Waals surface area contributed by atoms with Crippen LogP contribution in [0.2, 0.25) is 5.02 Å². The van der Waals surface area contributed by atoms with E-state index < -0.39 is 0 Å². The van der Waals surface area contributed by atoms with Crippen molar-refractivity contribution in [1.82, 2.24) is 5.32 Å². The summed E-state index contributed by atoms with van der Waals surface area (Å²) in [6.07, 6.45) is 2.64. The fourth-order valence-electron chi connectivity index (χ4n) is 2.77. The molecule has 1 heterocycles. The normalized spacial score (nSPS) is 16.5. The molecule has 3 rings (SSSR count). The zero-order chi connectivity index (χ0) is 16.8. The van der Waals surface area contributed by atoms with Crippen LogP contribution in [0.5, 0.6) is 5.75 Å². The maximum atomic E-state index is 6.20. The Kier molecular flexibility index (Phi) is 8.53. The number of rotatable bonds is 7. The molecule has 2 aromatic rings. The second-order valence-corrected chi connectivity index (χ2v) is 7.22. The molecule has 1 saturated heterocycles. The Morgan fingerprint density at radius 3 is 2.80 bits per heavy atom. The molecular weight excluding hydrogens is 425 g/mol. The Hall–Kier alpha value is -0.780. The molecule has 0 radical (unpaired) electrons. The van der Waals surface area contributed by atoms with Gasteiger partial charge < -0.3 is 14.8 Å². The van der Waals surface area contributed by atoms with Crippen molar-refractivity contribution in [3.8, 4) is 5.75 Å². The number of hydrogen-bond acceptors (Lipinski definition) is 3. The Labute approximate surface area is 168 Å². The van der Waals surface area contributed by atoms with Gasteiger partial charge in [-0.2, -0.15) is 0 Å². The van der Waals surface area contributed by atoms with Crippen molar-refractivity contribution < 1.29 is 9.47 Å². The van der Waals surface area contributed by atoms with E-state index in [-0.39, 0.29) is 12.4 Å². The molecule has 0 aliphatic carbocycles. The zero-order valence-corrected chi connectivity index (χ0v) is 17.0. The molecule has 136 valence electrons. The third-order valence-corrected chi connectivity index (χ3v) is 4.94. The van der Waals surface area contributed by atoms with Gasteiger partial charge >= 0.3 is 0 Å². The SMILES string of the molecule is Cl.Clc1ccccc1COc1ccc(Br)cc1CNCC1CCCO1. The third-order valence-electron chi connectivity index (χ3n) is 4.07. The number of nitrogens with one attached hydrogen (secondary N) is 1. The number of halogens is 3. The van der Waals surface area contributed by atoms with E-state index in [2.05, 4.69) is 27.3 Å². The average Bonchev–Trinajstić information content (AvgIpc) is 3.09. The summed E-state index contributed by atoms with van der Waals surface area (Å²) in [5.74, 6) is 0.873. The van der Waals surface area contributed by atoms with Gasteiger partial charge in [0.25, 0.3) is 0 Å². The lowest BCUT2D eigenvalue weighted by atomic mass is 10.2. The summed E-state index contributed by atoms with van der Waals surface area (Å²) in [5.41, 5.74) is 2.11. The van der Waals surface area contributed by atoms with E-state index in [0.717, 1.165) is 58.9 Å². The topological polar surface area (TPSA) is 30.5 Å². The number of ether oxygens (including phenoxy) is 2. The van der Waals surface area contributed by atoms with Gasteiger partial charge in [-0.3, -0.25) is 0 Å². The van der Waals surface area contributed by atoms with Gasteiger partial charge in [-0.1, -0.05) is 45.7 Å². The van der Waals surface area contributed by atoms with E-state index in [9.17, 15) is 0 Å². The average molecular weight is 447 g/mol. The van der Waals surface area contributed by atoms with Crippen molar-refractivity contribution in [2.75, 3.05) is 13.2 Å². The summed E-state index contributed by atoms with van der Waals surface area (Å²) >= 11 is 9.73. The van der Waals surface area contributed by atoms with E-state index >= 15 is 0 Å². The van der Waals surface area contributed by atoms with Crippen molar-refractivity contribution in [2.45, 2.75) is 32.1 Å². The Balaban J connectivity index is 0.00000225. The lowest BCUT2D eigenvalue weighted by Gasteiger charge is -2.15. The fraction of sp³-hybridized carbons (Fsp3) is 0.368. The van der Waals surface area contributed by atoms with Gasteiger partial charge in [0.1, 0.15) is 12.4 Å². The first-order chi connectivity index (χ1) is 11.7. The van der Waals surface area contributed by atoms with Crippen LogP contribution in [0.1, 0.15) is 24.0 Å². The molecule has 0 amide bonds. The van der Waals surface area contributed by atoms with Crippen molar-refractivity contribution in [3.05, 3.63) is 63.1 Å². The predicted molar refractivity (Wildman–Crippen MR) is 108 cm³/mol. The highest BCUT2D eigenvalue weighted by molar-refractivity contribution is 9.10. The first-order valence-electron chi connectivity index (χ1n) is 8.19. The van der Waals surface area contributed by atoms with Crippen LogP contribution in [0.4, 0.5) is 0 Å². The monoisotopic (exact) mass is 445 g/mol. The summed E-state index contributed by atoms with van der Waals surface area (Å²) in [6.45, 7) is 2.96. The standard InChI is InChI=1S/C19H21BrClNO2.ClH/c20-16-7-8-19(24-13-14-4-1-2-6-18(14)21)15(10-16)11-22-12-17-5-3-9-23-17;/h1-2,4,6-8,10,17,22H,3,5,9,11-13H2;1H. The highest BCUT2D eigenvalue weighted by Gasteiger charge is 2.15. The van der Waals surface area contributed by atoms with Crippen molar-refractivity contribution in [3.63, 3.8) is 0 Å². The van der Waals surface area contributed by atoms with Crippen LogP contribution in [0, 0.1) is 0 Å². The highest BCUT2D eigenvalue weighted by Crippen LogP contribution is 2.25. The summed E-state index contributed by atoms with van der Waals surface area (Å²) in [6, 6.07) is 13.8. The fourth-order valence-corrected chi connectivity index (χ4v) is 3.37. The number of hydrogen-bond donors (Lipinski definition) is 1. The van der Waals surface area contributed by atoms with Crippen LogP contribution >= 0.6 is 39.9 Å². The number of benzene rings is 2. The van der Waals surface area contributed by atoms with E-state index in [0.29, 0.717) is 12.7 Å². The Morgan fingerprint density at radius 2 is 2.04 bits per heavy atom. The smallest absolute Gasteiger partial charge is 0.124 e. The predicted octanol–water partition coefficient (Wildman–Crippen LogP) is 5.37. The van der Waals surface area contributed by atoms with E-state index in [1.807, 2.05) is 36.4 Å². The minimum Gasteiger partial charge on any atom is -0.489 e. The van der Waals surface area contributed by atoms with Crippen LogP contribution in [0.3, 0.4) is 0 Å². The summed E-state index contributed by atoms with van der Waals surface area (Å²) < 4.78 is 12.7. The molecule has 0 aromatic heterocycles. The summed E-state index contributed by atoms with van der Waals surface area (Å²) in [4.78, 5) is 0. The van der Waals surface area contributed by atoms with Gasteiger partial charge in [0.15, 0.2) is 0 Å². The van der Waals surface area contributed by atoms with Gasteiger partial charge in [-0.05, 0) is 37.1 Å². The quantitative estimate of drug-likeness (QED) is 0.619. The van der Waals surface area contributed by atoms with Crippen LogP contribution < -0.4 is 10.1 Å². The van der Waals surface area contributed by atoms with E-state index in [4.69, 9.17) is 21.1 Å². The second kappa shape index (κ2) is 10.4. The summed E-state index contributed by atoms with van der Waals surface area (Å²) in [7, 11) is 0. The molecule has 1 atom stereocenters. The molecular formula is C19H22BrCl2NO2. The molecule has 25 heavy (non-hydrogen) atoms. The lowest BCUT2D eigenvalue weighted by molar-refractivity contribution is 0.110. The largest absolute Gasteiger partial charge is 0.489 e. The van der Waals surface area contributed by atoms with Gasteiger partial charge in [-0.15, -0.1) is 12.4 Å². The third kappa shape index (κ3) is 6.15. The zero-order valence-electron chi connectivity index (χ0n) is 13.8. The molecule has 0 spiro atoms. The van der Waals surface area contributed by atoms with Crippen molar-refractivity contribution in [1.29, 1.82) is 0 Å². The molecule has 0 saturated carbocycles. The van der Waals surface area contributed by atoms with Gasteiger partial charge in [-0.25, -0.2) is 0 Å². The molecule has 3 nitrogen and oxygen atoms in total. The Morgan fingerprint density at radius 1 is 1.20 bits per heavy atom. The van der Waals surface area contributed by atoms with Gasteiger partial charge in [0.2, 0.25) is 0 Å². The lowest BCUT2D eigenvalue weighted by Crippen LogP contribution is -2.26. The van der Waals surface area contributed by atoms with E-state index in [1.54, 1.807) is 0 Å². The molecule has 6 heteroatoms. The first kappa shape index (κ1) is 20.5. The molecule has 2 aromatic carbocycles. The van der Waals surface area contributed by atoms with Crippen LogP contribution in [-0.4, -0.2) is 19.3 Å². The van der Waals surface area contributed by atoms with Crippen molar-refractivity contribution in [2.24, 2.45) is 0 Å². The first-order valence-corrected chi connectivity index (χ1v) is 9.36. The maximum absolute atomic E-state index is 6.20. The molecule has 1 aliphatic heterocycles. The van der Waals surface area contributed by atoms with Crippen LogP contribution in [0.15, 0.2) is 46.9 Å². The molecule has 1 unspecified atom stereocenters. The highest BCUT2D eigenvalue weighted by atomic mass is 79.9. The van der Waals surface area contributed by atoms with Crippen LogP contribution in [0.25, 0.3) is 0 Å². The molecule has 0 bridgehead atoms. The molecule has 1 aliphatic rings. The van der Waals surface area contributed by atoms with Gasteiger partial charge in [0.05, 0.1) is 6.10 Å². The summed E-state index contributed by atoms with van der Waals surface area (Å²) in [5, 5.41) is 4.20. The maximum Gasteiger partial charge on any atom is 0.124 e.